The highest BCUT2D eigenvalue weighted by atomic mass is 35.5. The highest BCUT2D eigenvalue weighted by molar-refractivity contribution is 6.30. The normalized spacial score (nSPS) is 25.1. The summed E-state index contributed by atoms with van der Waals surface area (Å²) in [5.41, 5.74) is 0.593. The van der Waals surface area contributed by atoms with Crippen molar-refractivity contribution in [1.82, 2.24) is 0 Å². The van der Waals surface area contributed by atoms with Gasteiger partial charge in [-0.1, -0.05) is 28.6 Å². The molecule has 72 valence electrons. The Balaban J connectivity index is 2.41. The molecule has 1 unspecified atom stereocenters. The molecule has 1 aliphatic rings. The van der Waals surface area contributed by atoms with Crippen LogP contribution in [0.2, 0.25) is 5.02 Å². The van der Waals surface area contributed by atoms with Gasteiger partial charge in [-0.05, 0) is 24.6 Å². The van der Waals surface area contributed by atoms with Crippen molar-refractivity contribution in [2.45, 2.75) is 12.3 Å². The molecule has 0 spiro atoms. The van der Waals surface area contributed by atoms with Crippen LogP contribution >= 0.6 is 11.6 Å². The lowest BCUT2D eigenvalue weighted by atomic mass is 9.85. The van der Waals surface area contributed by atoms with Crippen molar-refractivity contribution >= 4 is 24.0 Å². The zero-order valence-corrected chi connectivity index (χ0v) is 8.40. The van der Waals surface area contributed by atoms with Gasteiger partial charge in [-0.2, -0.15) is 0 Å². The lowest BCUT2D eigenvalue weighted by molar-refractivity contribution is -0.454. The smallest absolute Gasteiger partial charge is 0.202 e. The van der Waals surface area contributed by atoms with Gasteiger partial charge in [0.15, 0.2) is 0 Å². The Hall–Kier alpha value is -1.35. The van der Waals surface area contributed by atoms with Gasteiger partial charge in [-0.3, -0.25) is 0 Å². The lowest BCUT2D eigenvalue weighted by Crippen LogP contribution is -2.23. The first-order chi connectivity index (χ1) is 6.60. The summed E-state index contributed by atoms with van der Waals surface area (Å²) in [6.45, 7) is 1.93. The second-order valence-corrected chi connectivity index (χ2v) is 3.90. The van der Waals surface area contributed by atoms with Gasteiger partial charge in [0.2, 0.25) is 6.21 Å². The van der Waals surface area contributed by atoms with Crippen molar-refractivity contribution in [2.24, 2.45) is 5.10 Å². The predicted molar refractivity (Wildman–Crippen MR) is 57.0 cm³/mol. The van der Waals surface area contributed by atoms with Crippen LogP contribution in [0.1, 0.15) is 12.5 Å². The molecule has 0 saturated carbocycles. The van der Waals surface area contributed by atoms with E-state index in [1.807, 2.05) is 19.1 Å². The Morgan fingerprint density at radius 1 is 1.36 bits per heavy atom. The maximum atomic E-state index is 10.9. The third kappa shape index (κ3) is 1.51. The lowest BCUT2D eigenvalue weighted by Gasteiger charge is -2.13. The Labute approximate surface area is 86.9 Å². The molecule has 0 N–H and O–H groups in total. The number of nitrogens with zero attached hydrogens (tertiary/aromatic N) is 2. The molecule has 0 fully saturated rings. The third-order valence-corrected chi connectivity index (χ3v) is 2.54. The second kappa shape index (κ2) is 3.10. The molecule has 3 nitrogen and oxygen atoms in total. The zero-order chi connectivity index (χ0) is 10.2. The molecule has 1 aromatic rings. The largest absolute Gasteiger partial charge is 0.595 e. The Kier molecular flexibility index (Phi) is 2.04. The van der Waals surface area contributed by atoms with Crippen molar-refractivity contribution in [3.05, 3.63) is 40.1 Å². The van der Waals surface area contributed by atoms with E-state index < -0.39 is 5.41 Å². The molecule has 4 heteroatoms. The Morgan fingerprint density at radius 3 is 2.50 bits per heavy atom. The molecule has 1 aromatic carbocycles. The van der Waals surface area contributed by atoms with E-state index in [0.29, 0.717) is 9.87 Å². The highest BCUT2D eigenvalue weighted by Crippen LogP contribution is 2.23. The maximum absolute atomic E-state index is 10.9. The van der Waals surface area contributed by atoms with E-state index in [2.05, 4.69) is 5.10 Å². The van der Waals surface area contributed by atoms with Crippen molar-refractivity contribution in [2.75, 3.05) is 0 Å². The fraction of sp³-hybridized carbons (Fsp3) is 0.200. The fourth-order valence-electron chi connectivity index (χ4n) is 1.43. The van der Waals surface area contributed by atoms with Gasteiger partial charge in [-0.25, -0.2) is 0 Å². The van der Waals surface area contributed by atoms with Crippen LogP contribution in [0, 0.1) is 5.21 Å². The van der Waals surface area contributed by atoms with E-state index in [0.717, 1.165) is 5.56 Å². The van der Waals surface area contributed by atoms with E-state index in [1.165, 1.54) is 6.21 Å². The summed E-state index contributed by atoms with van der Waals surface area (Å²) < 4.78 is 0. The maximum Gasteiger partial charge on any atom is 0.202 e. The Morgan fingerprint density at radius 2 is 2.00 bits per heavy atom. The molecular formula is C10H9ClN2O. The van der Waals surface area contributed by atoms with Gasteiger partial charge < -0.3 is 5.21 Å². The minimum absolute atomic E-state index is 0.410. The SMILES string of the molecule is CC1(c2ccc(Cl)cc2)C=N[N+]([O-])=C1. The number of rotatable bonds is 1. The molecule has 0 amide bonds. The van der Waals surface area contributed by atoms with Crippen LogP contribution in [0.5, 0.6) is 0 Å². The topological polar surface area (TPSA) is 38.4 Å². The molecule has 0 aliphatic carbocycles. The molecule has 0 saturated heterocycles. The minimum atomic E-state index is -0.410. The van der Waals surface area contributed by atoms with Crippen LogP contribution in [-0.4, -0.2) is 17.3 Å². The number of benzene rings is 1. The van der Waals surface area contributed by atoms with Crippen LogP contribution in [0.3, 0.4) is 0 Å². The van der Waals surface area contributed by atoms with Gasteiger partial charge in [0, 0.05) is 10.1 Å². The molecule has 0 bridgehead atoms. The van der Waals surface area contributed by atoms with E-state index in [4.69, 9.17) is 11.6 Å². The molecule has 2 rings (SSSR count). The van der Waals surface area contributed by atoms with Crippen LogP contribution in [0.25, 0.3) is 0 Å². The summed E-state index contributed by atoms with van der Waals surface area (Å²) in [6.07, 6.45) is 3.15. The first-order valence-electron chi connectivity index (χ1n) is 4.24. The summed E-state index contributed by atoms with van der Waals surface area (Å²) in [4.78, 5) is 0.578. The molecule has 1 atom stereocenters. The van der Waals surface area contributed by atoms with Crippen molar-refractivity contribution < 1.29 is 4.85 Å². The molecule has 1 aliphatic heterocycles. The van der Waals surface area contributed by atoms with Gasteiger partial charge in [0.05, 0.1) is 6.21 Å². The average molecular weight is 209 g/mol. The molecule has 14 heavy (non-hydrogen) atoms. The number of halogens is 1. The predicted octanol–water partition coefficient (Wildman–Crippen LogP) is 2.18. The second-order valence-electron chi connectivity index (χ2n) is 3.47. The summed E-state index contributed by atoms with van der Waals surface area (Å²) in [5, 5.41) is 15.3. The Bertz CT molecular complexity index is 411. The van der Waals surface area contributed by atoms with Crippen LogP contribution in [-0.2, 0) is 5.41 Å². The van der Waals surface area contributed by atoms with Gasteiger partial charge in [0.1, 0.15) is 5.41 Å². The van der Waals surface area contributed by atoms with Crippen LogP contribution < -0.4 is 0 Å². The fourth-order valence-corrected chi connectivity index (χ4v) is 1.56. The van der Waals surface area contributed by atoms with Crippen LogP contribution in [0.4, 0.5) is 0 Å². The minimum Gasteiger partial charge on any atom is -0.595 e. The van der Waals surface area contributed by atoms with E-state index in [-0.39, 0.29) is 0 Å². The standard InChI is InChI=1S/C10H9ClN2O/c1-10(6-12-13(14)7-10)8-2-4-9(11)5-3-8/h2-7H,1H3. The summed E-state index contributed by atoms with van der Waals surface area (Å²) in [6, 6.07) is 7.39. The summed E-state index contributed by atoms with van der Waals surface area (Å²) in [7, 11) is 0. The number of hydrazone groups is 1. The van der Waals surface area contributed by atoms with Crippen molar-refractivity contribution in [3.63, 3.8) is 0 Å². The summed E-state index contributed by atoms with van der Waals surface area (Å²) in [5.74, 6) is 0. The van der Waals surface area contributed by atoms with E-state index in [1.54, 1.807) is 18.3 Å². The highest BCUT2D eigenvalue weighted by Gasteiger charge is 2.31. The first-order valence-corrected chi connectivity index (χ1v) is 4.61. The van der Waals surface area contributed by atoms with E-state index in [9.17, 15) is 5.21 Å². The number of hydrogen-bond donors (Lipinski definition) is 0. The first kappa shape index (κ1) is 9.21. The zero-order valence-electron chi connectivity index (χ0n) is 7.64. The van der Waals surface area contributed by atoms with Gasteiger partial charge in [0.25, 0.3) is 0 Å². The van der Waals surface area contributed by atoms with Gasteiger partial charge in [-0.15, -0.1) is 0 Å². The molecular weight excluding hydrogens is 200 g/mol. The van der Waals surface area contributed by atoms with Crippen LogP contribution in [0.15, 0.2) is 29.4 Å². The monoisotopic (exact) mass is 208 g/mol. The van der Waals surface area contributed by atoms with Crippen molar-refractivity contribution in [1.29, 1.82) is 0 Å². The quantitative estimate of drug-likeness (QED) is 0.515. The van der Waals surface area contributed by atoms with Gasteiger partial charge >= 0.3 is 0 Å². The molecule has 1 heterocycles. The molecule has 0 aromatic heterocycles. The number of hydrogen-bond acceptors (Lipinski definition) is 2. The average Bonchev–Trinajstić information content (AvgIpc) is 2.48. The third-order valence-electron chi connectivity index (χ3n) is 2.28. The molecule has 0 radical (unpaired) electrons. The summed E-state index contributed by atoms with van der Waals surface area (Å²) >= 11 is 5.78. The van der Waals surface area contributed by atoms with E-state index >= 15 is 0 Å². The van der Waals surface area contributed by atoms with Crippen molar-refractivity contribution in [3.8, 4) is 0 Å².